The fourth-order valence-electron chi connectivity index (χ4n) is 2.77. The van der Waals surface area contributed by atoms with Gasteiger partial charge in [0.25, 0.3) is 0 Å². The molecule has 0 aliphatic carbocycles. The number of hydrogen-bond acceptors (Lipinski definition) is 9. The summed E-state index contributed by atoms with van der Waals surface area (Å²) in [4.78, 5) is 14.1. The maximum absolute atomic E-state index is 10.2. The molecule has 132 valence electrons. The van der Waals surface area contributed by atoms with E-state index >= 15 is 0 Å². The molecule has 3 aromatic heterocycles. The highest BCUT2D eigenvalue weighted by atomic mass is 32.2. The van der Waals surface area contributed by atoms with Gasteiger partial charge in [-0.2, -0.15) is 0 Å². The second-order valence-corrected chi connectivity index (χ2v) is 7.60. The Morgan fingerprint density at radius 1 is 1.24 bits per heavy atom. The molecule has 0 bridgehead atoms. The third kappa shape index (κ3) is 3.05. The number of thiophene rings is 1. The summed E-state index contributed by atoms with van der Waals surface area (Å²) in [5.74, 6) is 0.782. The summed E-state index contributed by atoms with van der Waals surface area (Å²) in [6.45, 7) is -0.377. The molecule has 0 aromatic carbocycles. The topological polar surface area (TPSA) is 114 Å². The number of fused-ring (bicyclic) bond motifs is 1. The lowest BCUT2D eigenvalue weighted by atomic mass is 10.1. The van der Waals surface area contributed by atoms with Gasteiger partial charge in [-0.25, -0.2) is 15.0 Å². The Balaban J connectivity index is 1.63. The molecule has 4 atom stereocenters. The zero-order valence-corrected chi connectivity index (χ0v) is 14.6. The van der Waals surface area contributed by atoms with Crippen LogP contribution in [0.5, 0.6) is 0 Å². The summed E-state index contributed by atoms with van der Waals surface area (Å²) >= 11 is 3.24. The van der Waals surface area contributed by atoms with Crippen molar-refractivity contribution in [2.75, 3.05) is 6.61 Å². The highest BCUT2D eigenvalue weighted by Gasteiger charge is 2.44. The van der Waals surface area contributed by atoms with Crippen molar-refractivity contribution in [3.8, 4) is 0 Å². The Morgan fingerprint density at radius 2 is 2.12 bits per heavy atom. The maximum Gasteiger partial charge on any atom is 0.166 e. The van der Waals surface area contributed by atoms with Gasteiger partial charge >= 0.3 is 0 Å². The number of aliphatic hydroxyl groups excluding tert-OH is 3. The number of thioether (sulfide) groups is 1. The van der Waals surface area contributed by atoms with Gasteiger partial charge in [0.05, 0.1) is 12.9 Å². The van der Waals surface area contributed by atoms with E-state index in [1.165, 1.54) is 17.5 Å². The first kappa shape index (κ1) is 16.9. The molecule has 1 fully saturated rings. The van der Waals surface area contributed by atoms with Gasteiger partial charge < -0.3 is 20.1 Å². The average molecular weight is 380 g/mol. The van der Waals surface area contributed by atoms with Crippen LogP contribution in [0.1, 0.15) is 11.1 Å². The third-order valence-electron chi connectivity index (χ3n) is 4.05. The summed E-state index contributed by atoms with van der Waals surface area (Å²) in [5.41, 5.74) is 1.13. The Hall–Kier alpha value is -1.56. The number of ether oxygens (including phenoxy) is 1. The minimum absolute atomic E-state index is 0.377. The Bertz CT molecular complexity index is 856. The van der Waals surface area contributed by atoms with Gasteiger partial charge in [-0.15, -0.1) is 11.3 Å². The lowest BCUT2D eigenvalue weighted by Crippen LogP contribution is -2.33. The van der Waals surface area contributed by atoms with Crippen molar-refractivity contribution >= 4 is 34.3 Å². The summed E-state index contributed by atoms with van der Waals surface area (Å²) < 4.78 is 7.12. The van der Waals surface area contributed by atoms with Crippen molar-refractivity contribution in [2.45, 2.75) is 35.3 Å². The van der Waals surface area contributed by atoms with E-state index in [9.17, 15) is 15.3 Å². The van der Waals surface area contributed by atoms with Crippen LogP contribution in [0.25, 0.3) is 11.2 Å². The standard InChI is InChI=1S/C15H16N4O4S2/c20-4-9-11(21)12(22)15(23-9)19-7-18-10-13(19)16-6-17-14(10)25-5-8-2-1-3-24-8/h1-3,6-7,9,11-12,15,20-22H,4-5H2. The van der Waals surface area contributed by atoms with Crippen LogP contribution in [-0.2, 0) is 10.5 Å². The predicted molar refractivity (Wildman–Crippen MR) is 92.2 cm³/mol. The number of aromatic nitrogens is 4. The first-order valence-electron chi connectivity index (χ1n) is 7.64. The van der Waals surface area contributed by atoms with E-state index in [1.54, 1.807) is 27.7 Å². The minimum atomic E-state index is -1.17. The molecule has 4 heterocycles. The largest absolute Gasteiger partial charge is 0.394 e. The van der Waals surface area contributed by atoms with Gasteiger partial charge in [-0.1, -0.05) is 17.8 Å². The average Bonchev–Trinajstić information content (AvgIpc) is 3.34. The van der Waals surface area contributed by atoms with E-state index in [-0.39, 0.29) is 6.61 Å². The molecule has 4 unspecified atom stereocenters. The van der Waals surface area contributed by atoms with Crippen molar-refractivity contribution in [2.24, 2.45) is 0 Å². The summed E-state index contributed by atoms with van der Waals surface area (Å²) in [6, 6.07) is 4.07. The summed E-state index contributed by atoms with van der Waals surface area (Å²) in [5, 5.41) is 32.2. The summed E-state index contributed by atoms with van der Waals surface area (Å²) in [6.07, 6.45) is -1.09. The lowest BCUT2D eigenvalue weighted by molar-refractivity contribution is -0.0511. The van der Waals surface area contributed by atoms with E-state index < -0.39 is 24.5 Å². The second kappa shape index (κ2) is 6.98. The fraction of sp³-hybridized carbons (Fsp3) is 0.400. The summed E-state index contributed by atoms with van der Waals surface area (Å²) in [7, 11) is 0. The SMILES string of the molecule is OCC1OC(n2cnc3c(SCc4cccs4)ncnc32)C(O)C1O. The molecule has 3 N–H and O–H groups in total. The number of hydrogen-bond donors (Lipinski definition) is 3. The lowest BCUT2D eigenvalue weighted by Gasteiger charge is -2.16. The molecular weight excluding hydrogens is 364 g/mol. The molecule has 0 saturated carbocycles. The molecule has 1 saturated heterocycles. The molecule has 25 heavy (non-hydrogen) atoms. The van der Waals surface area contributed by atoms with Gasteiger partial charge in [-0.05, 0) is 11.4 Å². The smallest absolute Gasteiger partial charge is 0.166 e. The molecule has 0 spiro atoms. The van der Waals surface area contributed by atoms with Crippen molar-refractivity contribution in [3.63, 3.8) is 0 Å². The highest BCUT2D eigenvalue weighted by molar-refractivity contribution is 7.98. The van der Waals surface area contributed by atoms with Gasteiger partial charge in [0.15, 0.2) is 11.9 Å². The molecule has 1 aliphatic heterocycles. The molecular formula is C15H16N4O4S2. The second-order valence-electron chi connectivity index (χ2n) is 5.60. The quantitative estimate of drug-likeness (QED) is 0.440. The Labute approximate surface area is 151 Å². The fourth-order valence-corrected chi connectivity index (χ4v) is 4.48. The van der Waals surface area contributed by atoms with Crippen LogP contribution in [0, 0.1) is 0 Å². The van der Waals surface area contributed by atoms with Crippen molar-refractivity contribution in [3.05, 3.63) is 35.0 Å². The monoisotopic (exact) mass is 380 g/mol. The number of rotatable bonds is 5. The number of imidazole rings is 1. The maximum atomic E-state index is 10.2. The Kier molecular flexibility index (Phi) is 4.71. The van der Waals surface area contributed by atoms with Crippen molar-refractivity contribution < 1.29 is 20.1 Å². The van der Waals surface area contributed by atoms with E-state index in [2.05, 4.69) is 21.0 Å². The van der Waals surface area contributed by atoms with Crippen molar-refractivity contribution in [1.29, 1.82) is 0 Å². The van der Waals surface area contributed by atoms with E-state index in [0.29, 0.717) is 11.2 Å². The van der Waals surface area contributed by atoms with Crippen LogP contribution in [0.15, 0.2) is 35.2 Å². The Morgan fingerprint density at radius 3 is 2.84 bits per heavy atom. The number of aliphatic hydroxyl groups is 3. The first-order chi connectivity index (χ1) is 12.2. The van der Waals surface area contributed by atoms with Crippen LogP contribution in [0.3, 0.4) is 0 Å². The molecule has 1 aliphatic rings. The van der Waals surface area contributed by atoms with Crippen LogP contribution in [0.4, 0.5) is 0 Å². The molecule has 0 radical (unpaired) electrons. The van der Waals surface area contributed by atoms with Gasteiger partial charge in [0.1, 0.15) is 35.2 Å². The minimum Gasteiger partial charge on any atom is -0.394 e. The van der Waals surface area contributed by atoms with Crippen LogP contribution in [-0.4, -0.2) is 59.8 Å². The molecule has 10 heteroatoms. The van der Waals surface area contributed by atoms with Crippen LogP contribution < -0.4 is 0 Å². The van der Waals surface area contributed by atoms with Crippen molar-refractivity contribution in [1.82, 2.24) is 19.5 Å². The van der Waals surface area contributed by atoms with E-state index in [1.807, 2.05) is 11.4 Å². The van der Waals surface area contributed by atoms with Gasteiger partial charge in [-0.3, -0.25) is 4.57 Å². The normalized spacial score (nSPS) is 26.5. The van der Waals surface area contributed by atoms with Crippen LogP contribution >= 0.6 is 23.1 Å². The predicted octanol–water partition coefficient (Wildman–Crippen LogP) is 0.792. The highest BCUT2D eigenvalue weighted by Crippen LogP contribution is 2.33. The zero-order chi connectivity index (χ0) is 17.4. The number of nitrogens with zero attached hydrogens (tertiary/aromatic N) is 4. The third-order valence-corrected chi connectivity index (χ3v) is 6.13. The zero-order valence-electron chi connectivity index (χ0n) is 13.0. The molecule has 8 nitrogen and oxygen atoms in total. The molecule has 0 amide bonds. The molecule has 3 aromatic rings. The van der Waals surface area contributed by atoms with E-state index in [0.717, 1.165) is 10.8 Å². The first-order valence-corrected chi connectivity index (χ1v) is 9.50. The van der Waals surface area contributed by atoms with Gasteiger partial charge in [0.2, 0.25) is 0 Å². The van der Waals surface area contributed by atoms with E-state index in [4.69, 9.17) is 4.74 Å². The van der Waals surface area contributed by atoms with Crippen LogP contribution in [0.2, 0.25) is 0 Å². The molecule has 4 rings (SSSR count). The van der Waals surface area contributed by atoms with Gasteiger partial charge in [0, 0.05) is 10.6 Å².